The number of likely N-dealkylation sites (tertiary alicyclic amines) is 1. The van der Waals surface area contributed by atoms with E-state index in [0.29, 0.717) is 30.8 Å². The average Bonchev–Trinajstić information content (AvgIpc) is 3.11. The molecule has 2 amide bonds. The zero-order valence-electron chi connectivity index (χ0n) is 15.3. The molecule has 0 saturated carbocycles. The third-order valence-electron chi connectivity index (χ3n) is 4.54. The Morgan fingerprint density at radius 1 is 1.14 bits per heavy atom. The van der Waals surface area contributed by atoms with Crippen molar-refractivity contribution in [2.45, 2.75) is 18.9 Å². The minimum absolute atomic E-state index is 0.0965. The van der Waals surface area contributed by atoms with Crippen molar-refractivity contribution >= 4 is 17.8 Å². The van der Waals surface area contributed by atoms with Gasteiger partial charge in [-0.2, -0.15) is 0 Å². The van der Waals surface area contributed by atoms with E-state index in [1.54, 1.807) is 23.1 Å². The van der Waals surface area contributed by atoms with Crippen LogP contribution in [0.25, 0.3) is 0 Å². The van der Waals surface area contributed by atoms with E-state index in [0.717, 1.165) is 12.0 Å². The molecular weight excluding hydrogens is 360 g/mol. The summed E-state index contributed by atoms with van der Waals surface area (Å²) < 4.78 is 5.14. The summed E-state index contributed by atoms with van der Waals surface area (Å²) in [5.41, 5.74) is 1.27. The minimum atomic E-state index is -1.09. The van der Waals surface area contributed by atoms with Crippen LogP contribution in [0.3, 0.4) is 0 Å². The first-order valence-electron chi connectivity index (χ1n) is 9.11. The molecule has 2 aromatic carbocycles. The second-order valence-electron chi connectivity index (χ2n) is 6.59. The molecule has 1 aliphatic rings. The minimum Gasteiger partial charge on any atom is -0.482 e. The Hall–Kier alpha value is -3.35. The normalized spacial score (nSPS) is 14.6. The van der Waals surface area contributed by atoms with Crippen molar-refractivity contribution in [2.75, 3.05) is 19.7 Å². The molecule has 1 saturated heterocycles. The zero-order valence-corrected chi connectivity index (χ0v) is 15.3. The van der Waals surface area contributed by atoms with E-state index in [4.69, 9.17) is 9.84 Å². The highest BCUT2D eigenvalue weighted by molar-refractivity contribution is 5.95. The number of nitrogens with one attached hydrogen (secondary N) is 1. The smallest absolute Gasteiger partial charge is 0.341 e. The van der Waals surface area contributed by atoms with Crippen LogP contribution in [0.15, 0.2) is 54.6 Å². The SMILES string of the molecule is O=C(O)COc1cccc(C(=O)NC(CN2CCCC2=O)c2ccccc2)c1. The van der Waals surface area contributed by atoms with Crippen LogP contribution >= 0.6 is 0 Å². The molecule has 7 heteroatoms. The lowest BCUT2D eigenvalue weighted by Crippen LogP contribution is -2.38. The number of benzene rings is 2. The van der Waals surface area contributed by atoms with Gasteiger partial charge in [-0.25, -0.2) is 4.79 Å². The molecule has 1 heterocycles. The number of carbonyl (C=O) groups excluding carboxylic acids is 2. The lowest BCUT2D eigenvalue weighted by atomic mass is 10.1. The number of nitrogens with zero attached hydrogens (tertiary/aromatic N) is 1. The number of carboxylic acid groups (broad SMARTS) is 1. The summed E-state index contributed by atoms with van der Waals surface area (Å²) in [6.07, 6.45) is 1.37. The molecule has 1 aliphatic heterocycles. The Balaban J connectivity index is 1.74. The molecule has 0 radical (unpaired) electrons. The van der Waals surface area contributed by atoms with Crippen LogP contribution in [0.4, 0.5) is 0 Å². The third kappa shape index (κ3) is 5.09. The topological polar surface area (TPSA) is 95.9 Å². The van der Waals surface area contributed by atoms with Gasteiger partial charge in [-0.15, -0.1) is 0 Å². The Morgan fingerprint density at radius 2 is 1.93 bits per heavy atom. The molecule has 0 aliphatic carbocycles. The zero-order chi connectivity index (χ0) is 19.9. The lowest BCUT2D eigenvalue weighted by Gasteiger charge is -2.25. The van der Waals surface area contributed by atoms with Crippen LogP contribution in [-0.4, -0.2) is 47.5 Å². The molecule has 1 fully saturated rings. The first-order valence-corrected chi connectivity index (χ1v) is 9.11. The predicted octanol–water partition coefficient (Wildman–Crippen LogP) is 2.24. The molecule has 2 aromatic rings. The molecule has 7 nitrogen and oxygen atoms in total. The Kier molecular flexibility index (Phi) is 6.26. The first-order chi connectivity index (χ1) is 13.5. The van der Waals surface area contributed by atoms with Crippen molar-refractivity contribution in [3.63, 3.8) is 0 Å². The van der Waals surface area contributed by atoms with Crippen LogP contribution in [0.2, 0.25) is 0 Å². The van der Waals surface area contributed by atoms with Crippen molar-refractivity contribution in [2.24, 2.45) is 0 Å². The van der Waals surface area contributed by atoms with E-state index >= 15 is 0 Å². The number of carboxylic acids is 1. The molecule has 0 spiro atoms. The maximum atomic E-state index is 12.8. The van der Waals surface area contributed by atoms with Crippen molar-refractivity contribution < 1.29 is 24.2 Å². The van der Waals surface area contributed by atoms with E-state index in [9.17, 15) is 14.4 Å². The standard InChI is InChI=1S/C21H22N2O5/c24-19-10-5-11-23(19)13-18(15-6-2-1-3-7-15)22-21(27)16-8-4-9-17(12-16)28-14-20(25)26/h1-4,6-9,12,18H,5,10-11,13-14H2,(H,22,27)(H,25,26). The monoisotopic (exact) mass is 382 g/mol. The largest absolute Gasteiger partial charge is 0.482 e. The van der Waals surface area contributed by atoms with Crippen LogP contribution in [-0.2, 0) is 9.59 Å². The second kappa shape index (κ2) is 9.03. The number of ether oxygens (including phenoxy) is 1. The summed E-state index contributed by atoms with van der Waals surface area (Å²) in [5, 5.41) is 11.7. The third-order valence-corrected chi connectivity index (χ3v) is 4.54. The number of rotatable bonds is 8. The highest BCUT2D eigenvalue weighted by Crippen LogP contribution is 2.20. The summed E-state index contributed by atoms with van der Waals surface area (Å²) in [6, 6.07) is 15.5. The Morgan fingerprint density at radius 3 is 2.61 bits per heavy atom. The van der Waals surface area contributed by atoms with Gasteiger partial charge in [-0.05, 0) is 30.2 Å². The van der Waals surface area contributed by atoms with Crippen LogP contribution in [0.5, 0.6) is 5.75 Å². The molecule has 0 aromatic heterocycles. The molecule has 28 heavy (non-hydrogen) atoms. The maximum absolute atomic E-state index is 12.8. The molecule has 3 rings (SSSR count). The number of aliphatic carboxylic acids is 1. The summed E-state index contributed by atoms with van der Waals surface area (Å²) >= 11 is 0. The van der Waals surface area contributed by atoms with E-state index < -0.39 is 12.6 Å². The fourth-order valence-corrected chi connectivity index (χ4v) is 3.15. The molecule has 1 atom stereocenters. The van der Waals surface area contributed by atoms with Gasteiger partial charge in [-0.3, -0.25) is 9.59 Å². The first kappa shape index (κ1) is 19.4. The summed E-state index contributed by atoms with van der Waals surface area (Å²) in [5.74, 6) is -1.00. The van der Waals surface area contributed by atoms with Crippen LogP contribution in [0, 0.1) is 0 Å². The highest BCUT2D eigenvalue weighted by atomic mass is 16.5. The summed E-state index contributed by atoms with van der Waals surface area (Å²) in [7, 11) is 0. The van der Waals surface area contributed by atoms with Gasteiger partial charge in [0.25, 0.3) is 5.91 Å². The maximum Gasteiger partial charge on any atom is 0.341 e. The van der Waals surface area contributed by atoms with Crippen molar-refractivity contribution in [1.29, 1.82) is 0 Å². The van der Waals surface area contributed by atoms with Gasteiger partial charge < -0.3 is 20.1 Å². The van der Waals surface area contributed by atoms with E-state index in [1.807, 2.05) is 30.3 Å². The molecule has 146 valence electrons. The number of amides is 2. The average molecular weight is 382 g/mol. The van der Waals surface area contributed by atoms with Crippen LogP contribution in [0.1, 0.15) is 34.8 Å². The van der Waals surface area contributed by atoms with Gasteiger partial charge in [0.15, 0.2) is 6.61 Å². The number of carbonyl (C=O) groups is 3. The molecular formula is C21H22N2O5. The van der Waals surface area contributed by atoms with Gasteiger partial charge in [0.05, 0.1) is 6.04 Å². The van der Waals surface area contributed by atoms with Gasteiger partial charge in [-0.1, -0.05) is 36.4 Å². The van der Waals surface area contributed by atoms with E-state index in [2.05, 4.69) is 5.32 Å². The van der Waals surface area contributed by atoms with Crippen molar-refractivity contribution in [3.05, 3.63) is 65.7 Å². The predicted molar refractivity (Wildman–Crippen MR) is 102 cm³/mol. The van der Waals surface area contributed by atoms with Gasteiger partial charge in [0.2, 0.25) is 5.91 Å². The Bertz CT molecular complexity index is 853. The van der Waals surface area contributed by atoms with Gasteiger partial charge >= 0.3 is 5.97 Å². The van der Waals surface area contributed by atoms with Crippen molar-refractivity contribution in [1.82, 2.24) is 10.2 Å². The van der Waals surface area contributed by atoms with Crippen LogP contribution < -0.4 is 10.1 Å². The quantitative estimate of drug-likeness (QED) is 0.730. The van der Waals surface area contributed by atoms with Gasteiger partial charge in [0.1, 0.15) is 5.75 Å². The summed E-state index contributed by atoms with van der Waals surface area (Å²) in [6.45, 7) is 0.620. The highest BCUT2D eigenvalue weighted by Gasteiger charge is 2.25. The number of hydrogen-bond acceptors (Lipinski definition) is 4. The fourth-order valence-electron chi connectivity index (χ4n) is 3.15. The Labute approximate surface area is 162 Å². The fraction of sp³-hybridized carbons (Fsp3) is 0.286. The van der Waals surface area contributed by atoms with Gasteiger partial charge in [0, 0.05) is 25.1 Å². The molecule has 1 unspecified atom stereocenters. The lowest BCUT2D eigenvalue weighted by molar-refractivity contribution is -0.139. The number of hydrogen-bond donors (Lipinski definition) is 2. The van der Waals surface area contributed by atoms with Crippen molar-refractivity contribution in [3.8, 4) is 5.75 Å². The molecule has 2 N–H and O–H groups in total. The van der Waals surface area contributed by atoms with E-state index in [-0.39, 0.29) is 17.9 Å². The molecule has 0 bridgehead atoms. The summed E-state index contributed by atoms with van der Waals surface area (Å²) in [4.78, 5) is 37.2. The second-order valence-corrected chi connectivity index (χ2v) is 6.59. The van der Waals surface area contributed by atoms with E-state index in [1.165, 1.54) is 6.07 Å².